The fourth-order valence-corrected chi connectivity index (χ4v) is 4.82. The van der Waals surface area contributed by atoms with Crippen LogP contribution in [0.3, 0.4) is 0 Å². The molecule has 2 aliphatic heterocycles. The van der Waals surface area contributed by atoms with Crippen LogP contribution in [-0.4, -0.2) is 60.9 Å². The van der Waals surface area contributed by atoms with E-state index in [0.717, 1.165) is 60.6 Å². The SMILES string of the molecule is Cl.O=C1c2cccc3cccc(c23)C(=O)N1CCCN1CCN(c2cccc(Cl)c2)CC1. The molecule has 7 heteroatoms. The number of carbonyl (C=O) groups excluding carboxylic acids is 2. The van der Waals surface area contributed by atoms with Gasteiger partial charge in [0.2, 0.25) is 0 Å². The predicted octanol–water partition coefficient (Wildman–Crippen LogP) is 4.72. The number of piperazine rings is 1. The van der Waals surface area contributed by atoms with Crippen LogP contribution < -0.4 is 4.90 Å². The second-order valence-corrected chi connectivity index (χ2v) is 8.57. The fourth-order valence-electron chi connectivity index (χ4n) is 4.64. The lowest BCUT2D eigenvalue weighted by Gasteiger charge is -2.36. The highest BCUT2D eigenvalue weighted by molar-refractivity contribution is 6.30. The van der Waals surface area contributed by atoms with E-state index < -0.39 is 0 Å². The molecule has 3 aromatic carbocycles. The van der Waals surface area contributed by atoms with E-state index in [1.807, 2.05) is 54.6 Å². The van der Waals surface area contributed by atoms with Gasteiger partial charge >= 0.3 is 0 Å². The van der Waals surface area contributed by atoms with Crippen LogP contribution in [0.25, 0.3) is 10.8 Å². The van der Waals surface area contributed by atoms with Crippen LogP contribution in [0.5, 0.6) is 0 Å². The number of hydrogen-bond donors (Lipinski definition) is 0. The monoisotopic (exact) mass is 469 g/mol. The van der Waals surface area contributed by atoms with E-state index in [1.54, 1.807) is 0 Å². The summed E-state index contributed by atoms with van der Waals surface area (Å²) in [6, 6.07) is 19.3. The van der Waals surface area contributed by atoms with E-state index in [9.17, 15) is 9.59 Å². The van der Waals surface area contributed by atoms with Gasteiger partial charge in [0.05, 0.1) is 0 Å². The van der Waals surface area contributed by atoms with Crippen LogP contribution in [0.4, 0.5) is 5.69 Å². The number of halogens is 2. The van der Waals surface area contributed by atoms with Crippen molar-refractivity contribution in [1.29, 1.82) is 0 Å². The summed E-state index contributed by atoms with van der Waals surface area (Å²) in [6.07, 6.45) is 0.771. The maximum Gasteiger partial charge on any atom is 0.261 e. The smallest absolute Gasteiger partial charge is 0.261 e. The number of hydrogen-bond acceptors (Lipinski definition) is 4. The molecule has 2 heterocycles. The molecular weight excluding hydrogens is 445 g/mol. The highest BCUT2D eigenvalue weighted by Crippen LogP contribution is 2.30. The molecule has 0 N–H and O–H groups in total. The maximum atomic E-state index is 13.0. The minimum Gasteiger partial charge on any atom is -0.369 e. The Bertz CT molecular complexity index is 1110. The molecule has 0 aliphatic carbocycles. The van der Waals surface area contributed by atoms with Gasteiger partial charge in [0, 0.05) is 59.9 Å². The molecular formula is C25H25Cl2N3O2. The van der Waals surface area contributed by atoms with Crippen molar-refractivity contribution in [2.75, 3.05) is 44.2 Å². The fraction of sp³-hybridized carbons (Fsp3) is 0.280. The number of rotatable bonds is 5. The van der Waals surface area contributed by atoms with Crippen LogP contribution >= 0.6 is 24.0 Å². The van der Waals surface area contributed by atoms with Crippen molar-refractivity contribution in [2.24, 2.45) is 0 Å². The summed E-state index contributed by atoms with van der Waals surface area (Å²) in [5.74, 6) is -0.361. The van der Waals surface area contributed by atoms with Gasteiger partial charge in [0.25, 0.3) is 11.8 Å². The zero-order valence-corrected chi connectivity index (χ0v) is 19.2. The zero-order chi connectivity index (χ0) is 21.4. The summed E-state index contributed by atoms with van der Waals surface area (Å²) in [5, 5.41) is 2.48. The van der Waals surface area contributed by atoms with E-state index in [1.165, 1.54) is 4.90 Å². The van der Waals surface area contributed by atoms with Crippen molar-refractivity contribution in [3.05, 3.63) is 76.8 Å². The molecule has 0 bridgehead atoms. The van der Waals surface area contributed by atoms with Crippen molar-refractivity contribution < 1.29 is 9.59 Å². The van der Waals surface area contributed by atoms with E-state index in [4.69, 9.17) is 11.6 Å². The van der Waals surface area contributed by atoms with Gasteiger partial charge in [-0.1, -0.05) is 41.9 Å². The van der Waals surface area contributed by atoms with E-state index >= 15 is 0 Å². The lowest BCUT2D eigenvalue weighted by Crippen LogP contribution is -2.47. The summed E-state index contributed by atoms with van der Waals surface area (Å²) < 4.78 is 0. The molecule has 0 spiro atoms. The number of anilines is 1. The highest BCUT2D eigenvalue weighted by atomic mass is 35.5. The summed E-state index contributed by atoms with van der Waals surface area (Å²) in [7, 11) is 0. The lowest BCUT2D eigenvalue weighted by molar-refractivity contribution is 0.0603. The third kappa shape index (κ3) is 4.20. The number of nitrogens with zero attached hydrogens (tertiary/aromatic N) is 3. The van der Waals surface area contributed by atoms with Gasteiger partial charge < -0.3 is 4.90 Å². The summed E-state index contributed by atoms with van der Waals surface area (Å²) in [5.41, 5.74) is 2.41. The average molecular weight is 470 g/mol. The number of carbonyl (C=O) groups is 2. The van der Waals surface area contributed by atoms with Crippen LogP contribution in [0.2, 0.25) is 5.02 Å². The van der Waals surface area contributed by atoms with Crippen LogP contribution in [0, 0.1) is 0 Å². The van der Waals surface area contributed by atoms with E-state index in [-0.39, 0.29) is 24.2 Å². The Morgan fingerprint density at radius 1 is 0.781 bits per heavy atom. The minimum absolute atomic E-state index is 0. The molecule has 2 aliphatic rings. The Morgan fingerprint density at radius 3 is 2.03 bits per heavy atom. The topological polar surface area (TPSA) is 43.9 Å². The first-order chi connectivity index (χ1) is 15.1. The molecule has 5 rings (SSSR count). The maximum absolute atomic E-state index is 13.0. The molecule has 5 nitrogen and oxygen atoms in total. The van der Waals surface area contributed by atoms with Gasteiger partial charge in [-0.25, -0.2) is 0 Å². The first-order valence-electron chi connectivity index (χ1n) is 10.7. The Kier molecular flexibility index (Phi) is 6.70. The van der Waals surface area contributed by atoms with Crippen LogP contribution in [0.1, 0.15) is 27.1 Å². The first kappa shape index (κ1) is 22.6. The average Bonchev–Trinajstić information content (AvgIpc) is 2.80. The highest BCUT2D eigenvalue weighted by Gasteiger charge is 2.32. The third-order valence-electron chi connectivity index (χ3n) is 6.26. The number of amides is 2. The van der Waals surface area contributed by atoms with Gasteiger partial charge in [-0.05, 0) is 48.7 Å². The van der Waals surface area contributed by atoms with Crippen molar-refractivity contribution in [3.8, 4) is 0 Å². The molecule has 0 aromatic heterocycles. The van der Waals surface area contributed by atoms with Gasteiger partial charge in [-0.3, -0.25) is 19.4 Å². The summed E-state index contributed by atoms with van der Waals surface area (Å²) in [4.78, 5) is 32.2. The van der Waals surface area contributed by atoms with Gasteiger partial charge in [0.1, 0.15) is 0 Å². The molecule has 166 valence electrons. The molecule has 0 atom stereocenters. The van der Waals surface area contributed by atoms with Crippen LogP contribution in [-0.2, 0) is 0 Å². The predicted molar refractivity (Wildman–Crippen MR) is 131 cm³/mol. The molecule has 0 radical (unpaired) electrons. The number of benzene rings is 3. The standard InChI is InChI=1S/C25H24ClN3O2.ClH/c26-19-7-3-8-20(17-19)28-15-13-27(14-16-28)11-4-12-29-24(30)21-9-1-5-18-6-2-10-22(23(18)21)25(29)31;/h1-3,5-10,17H,4,11-16H2;1H. The van der Waals surface area contributed by atoms with E-state index in [0.29, 0.717) is 17.7 Å². The molecule has 0 saturated carbocycles. The molecule has 0 unspecified atom stereocenters. The minimum atomic E-state index is -0.180. The summed E-state index contributed by atoms with van der Waals surface area (Å²) in [6.45, 7) is 5.10. The molecule has 32 heavy (non-hydrogen) atoms. The second kappa shape index (κ2) is 9.49. The Labute approximate surface area is 199 Å². The van der Waals surface area contributed by atoms with E-state index in [2.05, 4.69) is 15.9 Å². The quantitative estimate of drug-likeness (QED) is 0.506. The van der Waals surface area contributed by atoms with Gasteiger partial charge in [-0.2, -0.15) is 0 Å². The van der Waals surface area contributed by atoms with Gasteiger partial charge in [-0.15, -0.1) is 12.4 Å². The molecule has 1 saturated heterocycles. The Balaban J connectivity index is 0.00000245. The summed E-state index contributed by atoms with van der Waals surface area (Å²) >= 11 is 6.12. The molecule has 3 aromatic rings. The van der Waals surface area contributed by atoms with Crippen molar-refractivity contribution in [3.63, 3.8) is 0 Å². The van der Waals surface area contributed by atoms with Crippen LogP contribution in [0.15, 0.2) is 60.7 Å². The van der Waals surface area contributed by atoms with Crippen molar-refractivity contribution in [2.45, 2.75) is 6.42 Å². The van der Waals surface area contributed by atoms with Crippen molar-refractivity contribution >= 4 is 52.3 Å². The first-order valence-corrected chi connectivity index (χ1v) is 11.1. The van der Waals surface area contributed by atoms with Crippen molar-refractivity contribution in [1.82, 2.24) is 9.80 Å². The van der Waals surface area contributed by atoms with Gasteiger partial charge in [0.15, 0.2) is 0 Å². The Morgan fingerprint density at radius 2 is 1.41 bits per heavy atom. The molecule has 2 amide bonds. The lowest BCUT2D eigenvalue weighted by atomic mass is 9.94. The molecule has 1 fully saturated rings. The largest absolute Gasteiger partial charge is 0.369 e. The second-order valence-electron chi connectivity index (χ2n) is 8.13. The normalized spacial score (nSPS) is 16.4. The number of imide groups is 1. The third-order valence-corrected chi connectivity index (χ3v) is 6.49. The zero-order valence-electron chi connectivity index (χ0n) is 17.7. The Hall–Kier alpha value is -2.60.